The summed E-state index contributed by atoms with van der Waals surface area (Å²) in [4.78, 5) is 32.6. The minimum Gasteiger partial charge on any atom is -0.478 e. The highest BCUT2D eigenvalue weighted by molar-refractivity contribution is 5.99. The molecule has 33 heavy (non-hydrogen) atoms. The number of nitrogens with zero attached hydrogens (tertiary/aromatic N) is 7. The monoisotopic (exact) mass is 455 g/mol. The maximum Gasteiger partial charge on any atom is 0.357 e. The molecule has 0 radical (unpaired) electrons. The van der Waals surface area contributed by atoms with Gasteiger partial charge in [0, 0.05) is 26.1 Å². The molecule has 11 nitrogen and oxygen atoms in total. The fraction of sp³-hybridized carbons (Fsp3) is 0.545. The van der Waals surface area contributed by atoms with E-state index in [1.165, 1.54) is 18.6 Å². The molecule has 2 unspecified atom stereocenters. The number of Topliss-reactive ketones (excluding diaryl/α,β-unsaturated/α-hetero) is 1. The summed E-state index contributed by atoms with van der Waals surface area (Å²) in [7, 11) is 1.32. The molecule has 2 aromatic heterocycles. The van der Waals surface area contributed by atoms with Crippen molar-refractivity contribution >= 4 is 22.8 Å². The molecule has 1 fully saturated rings. The number of piperidine rings is 1. The maximum atomic E-state index is 13.6. The smallest absolute Gasteiger partial charge is 0.357 e. The number of likely N-dealkylation sites (tertiary alicyclic amines) is 1. The molecule has 0 bridgehead atoms. The number of methoxy groups -OCH3 is 1. The first-order valence-corrected chi connectivity index (χ1v) is 11.2. The molecule has 0 amide bonds. The molecule has 1 N–H and O–H groups in total. The fourth-order valence-corrected chi connectivity index (χ4v) is 4.59. The Bertz CT molecular complexity index is 1120. The Morgan fingerprint density at radius 1 is 1.27 bits per heavy atom. The third-order valence-electron chi connectivity index (χ3n) is 6.54. The molecular weight excluding hydrogens is 426 g/mol. The summed E-state index contributed by atoms with van der Waals surface area (Å²) >= 11 is 0. The van der Waals surface area contributed by atoms with Crippen molar-refractivity contribution in [1.82, 2.24) is 34.7 Å². The van der Waals surface area contributed by atoms with Gasteiger partial charge in [-0.05, 0) is 48.7 Å². The van der Waals surface area contributed by atoms with Crippen molar-refractivity contribution in [2.24, 2.45) is 5.92 Å². The number of aliphatic carboxylic acids is 1. The lowest BCUT2D eigenvalue weighted by atomic mass is 9.91. The average Bonchev–Trinajstić information content (AvgIpc) is 3.50. The Kier molecular flexibility index (Phi) is 6.52. The number of para-hydroxylation sites is 2. The number of hydrogen-bond donors (Lipinski definition) is 1. The number of ether oxygens (including phenoxy) is 1. The van der Waals surface area contributed by atoms with Gasteiger partial charge in [0.05, 0.1) is 11.0 Å². The zero-order valence-corrected chi connectivity index (χ0v) is 19.1. The third kappa shape index (κ3) is 4.13. The molecule has 4 rings (SSSR count). The van der Waals surface area contributed by atoms with Crippen molar-refractivity contribution in [2.75, 3.05) is 20.2 Å². The second-order valence-corrected chi connectivity index (χ2v) is 8.49. The number of carbonyl (C=O) groups is 2. The van der Waals surface area contributed by atoms with Crippen LogP contribution in [-0.4, -0.2) is 71.7 Å². The Balaban J connectivity index is 1.60. The molecule has 3 aromatic rings. The largest absolute Gasteiger partial charge is 0.478 e. The van der Waals surface area contributed by atoms with Gasteiger partial charge in [0.15, 0.2) is 5.82 Å². The first-order chi connectivity index (χ1) is 15.9. The van der Waals surface area contributed by atoms with Gasteiger partial charge in [-0.2, -0.15) is 0 Å². The number of hydrogen-bond acceptors (Lipinski definition) is 8. The van der Waals surface area contributed by atoms with Crippen LogP contribution in [0.3, 0.4) is 0 Å². The molecular formula is C22H29N7O4. The number of tetrazole rings is 1. The summed E-state index contributed by atoms with van der Waals surface area (Å²) in [6.45, 7) is 4.97. The lowest BCUT2D eigenvalue weighted by molar-refractivity contribution is -0.172. The first-order valence-electron chi connectivity index (χ1n) is 11.2. The molecule has 2 atom stereocenters. The van der Waals surface area contributed by atoms with Crippen molar-refractivity contribution in [2.45, 2.75) is 51.4 Å². The third-order valence-corrected chi connectivity index (χ3v) is 6.54. The van der Waals surface area contributed by atoms with Crippen LogP contribution in [0, 0.1) is 5.92 Å². The van der Waals surface area contributed by atoms with E-state index in [1.807, 2.05) is 6.07 Å². The Morgan fingerprint density at radius 3 is 2.61 bits per heavy atom. The van der Waals surface area contributed by atoms with E-state index in [0.717, 1.165) is 12.8 Å². The van der Waals surface area contributed by atoms with Crippen LogP contribution in [0.25, 0.3) is 11.0 Å². The summed E-state index contributed by atoms with van der Waals surface area (Å²) in [6, 6.07) is 7.12. The van der Waals surface area contributed by atoms with E-state index in [1.54, 1.807) is 29.2 Å². The molecule has 1 saturated heterocycles. The summed E-state index contributed by atoms with van der Waals surface area (Å²) < 4.78 is 8.57. The Morgan fingerprint density at radius 2 is 2.00 bits per heavy atom. The van der Waals surface area contributed by atoms with Crippen LogP contribution >= 0.6 is 0 Å². The van der Waals surface area contributed by atoms with Crippen LogP contribution in [-0.2, 0) is 15.3 Å². The van der Waals surface area contributed by atoms with Crippen LogP contribution in [0.4, 0.5) is 0 Å². The molecule has 1 aliphatic rings. The number of carboxylic acids is 1. The Hall–Kier alpha value is -3.18. The number of carbonyl (C=O) groups excluding carboxylic acids is 1. The first kappa shape index (κ1) is 23.0. The van der Waals surface area contributed by atoms with E-state index in [2.05, 4.69) is 32.3 Å². The quantitative estimate of drug-likeness (QED) is 0.483. The van der Waals surface area contributed by atoms with E-state index < -0.39 is 11.7 Å². The molecule has 0 aliphatic carbocycles. The van der Waals surface area contributed by atoms with Gasteiger partial charge in [-0.25, -0.2) is 14.5 Å². The van der Waals surface area contributed by atoms with Crippen LogP contribution in [0.2, 0.25) is 0 Å². The molecule has 11 heteroatoms. The number of aromatic nitrogens is 6. The van der Waals surface area contributed by atoms with E-state index in [9.17, 15) is 14.7 Å². The highest BCUT2D eigenvalue weighted by atomic mass is 16.5. The summed E-state index contributed by atoms with van der Waals surface area (Å²) in [5.41, 5.74) is -0.648. The molecule has 1 aliphatic heterocycles. The summed E-state index contributed by atoms with van der Waals surface area (Å²) in [5, 5.41) is 21.5. The minimum atomic E-state index is -1.76. The topological polar surface area (TPSA) is 128 Å². The van der Waals surface area contributed by atoms with Gasteiger partial charge in [0.1, 0.15) is 12.5 Å². The zero-order chi connectivity index (χ0) is 23.6. The van der Waals surface area contributed by atoms with Crippen molar-refractivity contribution in [3.8, 4) is 0 Å². The lowest BCUT2D eigenvalue weighted by Crippen LogP contribution is -2.44. The van der Waals surface area contributed by atoms with E-state index in [-0.39, 0.29) is 23.7 Å². The van der Waals surface area contributed by atoms with Crippen LogP contribution in [0.5, 0.6) is 0 Å². The number of ketones is 1. The van der Waals surface area contributed by atoms with Gasteiger partial charge in [-0.15, -0.1) is 5.10 Å². The van der Waals surface area contributed by atoms with E-state index >= 15 is 0 Å². The molecule has 1 aromatic carbocycles. The van der Waals surface area contributed by atoms with Crippen LogP contribution in [0.1, 0.15) is 56.3 Å². The second-order valence-electron chi connectivity index (χ2n) is 8.49. The SMILES string of the molecule is CCCC(N1CCC(C(=O)c2nc3ccccc3n2C(C)(OC)C(=O)O)CC1)n1cnnn1. The fourth-order valence-electron chi connectivity index (χ4n) is 4.59. The Labute approximate surface area is 191 Å². The zero-order valence-electron chi connectivity index (χ0n) is 19.1. The van der Waals surface area contributed by atoms with Gasteiger partial charge in [0.2, 0.25) is 11.5 Å². The molecule has 0 spiro atoms. The van der Waals surface area contributed by atoms with Crippen molar-refractivity contribution in [3.05, 3.63) is 36.4 Å². The predicted molar refractivity (Wildman–Crippen MR) is 118 cm³/mol. The molecule has 3 heterocycles. The number of rotatable bonds is 9. The van der Waals surface area contributed by atoms with Gasteiger partial charge >= 0.3 is 5.97 Å². The number of fused-ring (bicyclic) bond motifs is 1. The number of carboxylic acid groups (broad SMARTS) is 1. The standard InChI is InChI=1S/C22H29N7O4/c1-4-7-18(28-14-23-25-26-28)27-12-10-15(11-13-27)19(30)20-24-16-8-5-6-9-17(16)29(20)22(2,33-3)21(31)32/h5-6,8-9,14-15,18H,4,7,10-13H2,1-3H3,(H,31,32). The maximum absolute atomic E-state index is 13.6. The number of imidazole rings is 1. The summed E-state index contributed by atoms with van der Waals surface area (Å²) in [5.74, 6) is -1.50. The molecule has 176 valence electrons. The molecule has 0 saturated carbocycles. The van der Waals surface area contributed by atoms with E-state index in [4.69, 9.17) is 4.74 Å². The van der Waals surface area contributed by atoms with Gasteiger partial charge in [-0.3, -0.25) is 14.3 Å². The average molecular weight is 456 g/mol. The van der Waals surface area contributed by atoms with Gasteiger partial charge < -0.3 is 9.84 Å². The van der Waals surface area contributed by atoms with Crippen molar-refractivity contribution in [3.63, 3.8) is 0 Å². The van der Waals surface area contributed by atoms with Crippen molar-refractivity contribution in [1.29, 1.82) is 0 Å². The van der Waals surface area contributed by atoms with E-state index in [0.29, 0.717) is 37.0 Å². The summed E-state index contributed by atoms with van der Waals surface area (Å²) in [6.07, 6.45) is 4.84. The number of benzene rings is 1. The second kappa shape index (κ2) is 9.36. The van der Waals surface area contributed by atoms with Gasteiger partial charge in [-0.1, -0.05) is 25.5 Å². The predicted octanol–water partition coefficient (Wildman–Crippen LogP) is 2.32. The lowest BCUT2D eigenvalue weighted by Gasteiger charge is -2.36. The van der Waals surface area contributed by atoms with Crippen LogP contribution < -0.4 is 0 Å². The van der Waals surface area contributed by atoms with Crippen molar-refractivity contribution < 1.29 is 19.4 Å². The van der Waals surface area contributed by atoms with Crippen LogP contribution in [0.15, 0.2) is 30.6 Å². The minimum absolute atomic E-state index is 0.0504. The normalized spacial score (nSPS) is 18.3. The highest BCUT2D eigenvalue weighted by Crippen LogP contribution is 2.32. The van der Waals surface area contributed by atoms with Gasteiger partial charge in [0.25, 0.3) is 0 Å². The highest BCUT2D eigenvalue weighted by Gasteiger charge is 2.41.